The van der Waals surface area contributed by atoms with E-state index in [9.17, 15) is 0 Å². The second-order valence-corrected chi connectivity index (χ2v) is 2.38. The Morgan fingerprint density at radius 2 is 2.23 bits per heavy atom. The lowest BCUT2D eigenvalue weighted by Gasteiger charge is -1.79. The van der Waals surface area contributed by atoms with Crippen LogP contribution < -0.4 is 0 Å². The monoisotopic (exact) mass is 186 g/mol. The van der Waals surface area contributed by atoms with Gasteiger partial charge < -0.3 is 19.1 Å². The summed E-state index contributed by atoms with van der Waals surface area (Å²) < 4.78 is 9.44. The van der Waals surface area contributed by atoms with Crippen molar-refractivity contribution in [1.29, 1.82) is 0 Å². The highest BCUT2D eigenvalue weighted by Gasteiger charge is 2.13. The van der Waals surface area contributed by atoms with E-state index in [1.54, 1.807) is 12.1 Å². The summed E-state index contributed by atoms with van der Waals surface area (Å²) in [5.74, 6) is 0.611. The molecule has 1 aromatic heterocycles. The molecule has 1 unspecified atom stereocenters. The zero-order chi connectivity index (χ0) is 10.1. The number of aliphatic hydroxyl groups is 1. The number of hydrogen-bond acceptors (Lipinski definition) is 4. The molecule has 1 fully saturated rings. The van der Waals surface area contributed by atoms with Crippen LogP contribution in [0.25, 0.3) is 0 Å². The zero-order valence-corrected chi connectivity index (χ0v) is 7.60. The molecule has 2 heterocycles. The molecule has 0 aliphatic carbocycles. The van der Waals surface area contributed by atoms with Crippen molar-refractivity contribution in [3.8, 4) is 0 Å². The van der Waals surface area contributed by atoms with Gasteiger partial charge in [-0.15, -0.1) is 0 Å². The van der Waals surface area contributed by atoms with Crippen LogP contribution in [0.15, 0.2) is 22.8 Å². The largest absolute Gasteiger partial charge is 0.467 e. The fraction of sp³-hybridized carbons (Fsp3) is 0.444. The maximum atomic E-state index is 8.33. The van der Waals surface area contributed by atoms with Gasteiger partial charge in [0.2, 0.25) is 0 Å². The Balaban J connectivity index is 0.000000204. The van der Waals surface area contributed by atoms with E-state index in [0.717, 1.165) is 6.61 Å². The molecule has 1 aliphatic heterocycles. The molecule has 0 radical (unpaired) electrons. The molecule has 1 atom stereocenters. The van der Waals surface area contributed by atoms with Crippen molar-refractivity contribution in [1.82, 2.24) is 0 Å². The summed E-state index contributed by atoms with van der Waals surface area (Å²) in [4.78, 5) is 8.00. The summed E-state index contributed by atoms with van der Waals surface area (Å²) in [7, 11) is 0. The van der Waals surface area contributed by atoms with Crippen LogP contribution in [0.3, 0.4) is 0 Å². The van der Waals surface area contributed by atoms with Crippen molar-refractivity contribution < 1.29 is 19.1 Å². The van der Waals surface area contributed by atoms with Gasteiger partial charge in [0, 0.05) is 0 Å². The number of carbonyl (C=O) groups is 1. The first-order valence-corrected chi connectivity index (χ1v) is 3.86. The highest BCUT2D eigenvalue weighted by Crippen LogP contribution is 2.04. The molecule has 0 bridgehead atoms. The first kappa shape index (κ1) is 11.9. The van der Waals surface area contributed by atoms with E-state index in [2.05, 4.69) is 6.92 Å². The molecule has 13 heavy (non-hydrogen) atoms. The zero-order valence-electron chi connectivity index (χ0n) is 7.60. The molecule has 0 saturated carbocycles. The molecule has 4 nitrogen and oxygen atoms in total. The van der Waals surface area contributed by atoms with Crippen LogP contribution in [-0.2, 0) is 16.1 Å². The Kier molecular flexibility index (Phi) is 6.86. The van der Waals surface area contributed by atoms with E-state index >= 15 is 0 Å². The molecular formula is C9H14O4. The number of hydrogen-bond donors (Lipinski definition) is 1. The number of aliphatic hydroxyl groups excluding tert-OH is 1. The maximum absolute atomic E-state index is 8.33. The summed E-state index contributed by atoms with van der Waals surface area (Å²) in [6, 6.07) is 3.46. The van der Waals surface area contributed by atoms with E-state index in [-0.39, 0.29) is 6.61 Å². The van der Waals surface area contributed by atoms with Gasteiger partial charge in [-0.05, 0) is 19.1 Å². The van der Waals surface area contributed by atoms with E-state index in [0.29, 0.717) is 11.9 Å². The normalized spacial score (nSPS) is 17.5. The molecule has 1 aliphatic rings. The Morgan fingerprint density at radius 1 is 1.69 bits per heavy atom. The summed E-state index contributed by atoms with van der Waals surface area (Å²) in [5, 5.41) is 8.33. The van der Waals surface area contributed by atoms with Gasteiger partial charge in [-0.1, -0.05) is 0 Å². The molecule has 74 valence electrons. The predicted octanol–water partition coefficient (Wildman–Crippen LogP) is 0.992. The first-order valence-electron chi connectivity index (χ1n) is 3.86. The van der Waals surface area contributed by atoms with Crippen molar-refractivity contribution in [2.75, 3.05) is 6.61 Å². The molecule has 0 amide bonds. The highest BCUT2D eigenvalue weighted by molar-refractivity contribution is 5.10. The SMILES string of the molecule is C=O.CC1CO1.OCc1ccco1. The maximum Gasteiger partial charge on any atom is 0.129 e. The fourth-order valence-electron chi connectivity index (χ4n) is 0.499. The molecule has 1 aromatic rings. The van der Waals surface area contributed by atoms with E-state index in [4.69, 9.17) is 19.1 Å². The Hall–Kier alpha value is -1.13. The standard InChI is InChI=1S/C5H6O2.C3H6O.CH2O/c6-4-5-2-1-3-7-5;1-3-2-4-3;1-2/h1-3,6H,4H2;3H,2H2,1H3;1H2. The molecule has 0 aromatic carbocycles. The van der Waals surface area contributed by atoms with Crippen LogP contribution in [-0.4, -0.2) is 24.6 Å². The lowest BCUT2D eigenvalue weighted by atomic mass is 10.5. The minimum atomic E-state index is -0.00694. The van der Waals surface area contributed by atoms with Crippen LogP contribution in [0.1, 0.15) is 12.7 Å². The number of carbonyl (C=O) groups excluding carboxylic acids is 1. The predicted molar refractivity (Wildman–Crippen MR) is 47.2 cm³/mol. The third-order valence-electron chi connectivity index (χ3n) is 1.24. The van der Waals surface area contributed by atoms with Gasteiger partial charge >= 0.3 is 0 Å². The quantitative estimate of drug-likeness (QED) is 0.664. The van der Waals surface area contributed by atoms with Gasteiger partial charge in [-0.2, -0.15) is 0 Å². The topological polar surface area (TPSA) is 63.0 Å². The lowest BCUT2D eigenvalue weighted by Crippen LogP contribution is -1.72. The van der Waals surface area contributed by atoms with Crippen molar-refractivity contribution in [3.63, 3.8) is 0 Å². The molecule has 1 saturated heterocycles. The van der Waals surface area contributed by atoms with E-state index in [1.165, 1.54) is 6.26 Å². The Morgan fingerprint density at radius 3 is 2.38 bits per heavy atom. The van der Waals surface area contributed by atoms with Crippen LogP contribution >= 0.6 is 0 Å². The number of furan rings is 1. The van der Waals surface area contributed by atoms with Crippen molar-refractivity contribution in [3.05, 3.63) is 24.2 Å². The molecule has 1 N–H and O–H groups in total. The Labute approximate surface area is 77.1 Å². The number of rotatable bonds is 1. The second kappa shape index (κ2) is 7.52. The molecular weight excluding hydrogens is 172 g/mol. The van der Waals surface area contributed by atoms with Crippen LogP contribution in [0, 0.1) is 0 Å². The molecule has 2 rings (SSSR count). The third kappa shape index (κ3) is 7.24. The van der Waals surface area contributed by atoms with E-state index in [1.807, 2.05) is 6.79 Å². The van der Waals surface area contributed by atoms with Gasteiger partial charge in [0.05, 0.1) is 19.0 Å². The summed E-state index contributed by atoms with van der Waals surface area (Å²) in [6.45, 7) is 5.03. The van der Waals surface area contributed by atoms with Crippen LogP contribution in [0.5, 0.6) is 0 Å². The average Bonchev–Trinajstić information content (AvgIpc) is 2.79. The molecule has 4 heteroatoms. The van der Waals surface area contributed by atoms with Crippen molar-refractivity contribution >= 4 is 6.79 Å². The van der Waals surface area contributed by atoms with Crippen molar-refractivity contribution in [2.24, 2.45) is 0 Å². The van der Waals surface area contributed by atoms with Gasteiger partial charge in [-0.25, -0.2) is 0 Å². The average molecular weight is 186 g/mol. The van der Waals surface area contributed by atoms with Crippen LogP contribution in [0.2, 0.25) is 0 Å². The third-order valence-corrected chi connectivity index (χ3v) is 1.24. The smallest absolute Gasteiger partial charge is 0.129 e. The van der Waals surface area contributed by atoms with Crippen LogP contribution in [0.4, 0.5) is 0 Å². The second-order valence-electron chi connectivity index (χ2n) is 2.38. The lowest BCUT2D eigenvalue weighted by molar-refractivity contribution is -0.0979. The minimum absolute atomic E-state index is 0.00694. The number of epoxide rings is 1. The highest BCUT2D eigenvalue weighted by atomic mass is 16.6. The molecule has 0 spiro atoms. The van der Waals surface area contributed by atoms with Gasteiger partial charge in [0.1, 0.15) is 19.2 Å². The Bertz CT molecular complexity index is 191. The van der Waals surface area contributed by atoms with Gasteiger partial charge in [-0.3, -0.25) is 0 Å². The fourth-order valence-corrected chi connectivity index (χ4v) is 0.499. The van der Waals surface area contributed by atoms with E-state index < -0.39 is 0 Å². The summed E-state index contributed by atoms with van der Waals surface area (Å²) in [6.07, 6.45) is 2.12. The number of ether oxygens (including phenoxy) is 1. The first-order chi connectivity index (χ1) is 6.33. The van der Waals surface area contributed by atoms with Crippen molar-refractivity contribution in [2.45, 2.75) is 19.6 Å². The summed E-state index contributed by atoms with van der Waals surface area (Å²) in [5.41, 5.74) is 0. The minimum Gasteiger partial charge on any atom is -0.467 e. The summed E-state index contributed by atoms with van der Waals surface area (Å²) >= 11 is 0. The van der Waals surface area contributed by atoms with Gasteiger partial charge in [0.15, 0.2) is 0 Å². The van der Waals surface area contributed by atoms with Gasteiger partial charge in [0.25, 0.3) is 0 Å².